The van der Waals surface area contributed by atoms with Crippen molar-refractivity contribution in [3.8, 4) is 46.6 Å². The van der Waals surface area contributed by atoms with Crippen molar-refractivity contribution in [3.63, 3.8) is 0 Å². The minimum Gasteiger partial charge on any atom is -0.796 e. The van der Waals surface area contributed by atoms with Gasteiger partial charge in [0, 0.05) is 28.9 Å². The van der Waals surface area contributed by atoms with E-state index in [1.807, 2.05) is 6.92 Å². The normalized spacial score (nSPS) is 12.0. The molecule has 0 radical (unpaired) electrons. The third kappa shape index (κ3) is 11.1. The van der Waals surface area contributed by atoms with Crippen LogP contribution in [0.5, 0.6) is 0 Å². The number of halogens is 2. The molecule has 5 heterocycles. The van der Waals surface area contributed by atoms with Gasteiger partial charge in [-0.1, -0.05) is 65.2 Å². The molecule has 1 saturated heterocycles. The number of fused-ring (bicyclic) bond motifs is 10. The van der Waals surface area contributed by atoms with Crippen LogP contribution in [-0.2, 0) is 17.4 Å². The summed E-state index contributed by atoms with van der Waals surface area (Å²) in [5.41, 5.74) is 15.2. The monoisotopic (exact) mass is 1080 g/mol. The first-order chi connectivity index (χ1) is 33.1. The van der Waals surface area contributed by atoms with Gasteiger partial charge in [0.25, 0.3) is 0 Å². The summed E-state index contributed by atoms with van der Waals surface area (Å²) in [5.74, 6) is 17.2. The first kappa shape index (κ1) is 56.8. The number of aryl methyl sites for hydroxylation is 1. The molecule has 4 aromatic carbocycles. The van der Waals surface area contributed by atoms with Crippen molar-refractivity contribution in [1.29, 1.82) is 0 Å². The van der Waals surface area contributed by atoms with Crippen molar-refractivity contribution in [2.75, 3.05) is 25.7 Å². The van der Waals surface area contributed by atoms with Crippen molar-refractivity contribution in [2.24, 2.45) is 0 Å². The molecule has 0 aliphatic carbocycles. The summed E-state index contributed by atoms with van der Waals surface area (Å²) in [6.07, 6.45) is 6.25. The predicted molar refractivity (Wildman–Crippen MR) is 295 cm³/mol. The van der Waals surface area contributed by atoms with Crippen LogP contribution in [-0.4, -0.2) is 76.9 Å². The van der Waals surface area contributed by atoms with Gasteiger partial charge in [-0.25, -0.2) is 8.78 Å². The molecule has 20 heteroatoms. The van der Waals surface area contributed by atoms with Crippen LogP contribution >= 0.6 is 58.7 Å². The van der Waals surface area contributed by atoms with Crippen LogP contribution in [0.15, 0.2) is 4.90 Å². The van der Waals surface area contributed by atoms with Gasteiger partial charge < -0.3 is 17.4 Å². The summed E-state index contributed by atoms with van der Waals surface area (Å²) >= 11 is 10.1. The maximum atomic E-state index is 15.9. The van der Waals surface area contributed by atoms with Gasteiger partial charge in [0.2, 0.25) is 0 Å². The Hall–Kier alpha value is -3.13. The Morgan fingerprint density at radius 3 is 1.23 bits per heavy atom. The average molecular weight is 1080 g/mol. The third-order valence-corrected chi connectivity index (χ3v) is 25.3. The van der Waals surface area contributed by atoms with E-state index in [1.165, 1.54) is 54.4 Å². The Bertz CT molecular complexity index is 3370. The number of hydrogen-bond donors (Lipinski definition) is 0. The summed E-state index contributed by atoms with van der Waals surface area (Å²) in [4.78, 5) is 1.13. The fourth-order valence-corrected chi connectivity index (χ4v) is 16.3. The first-order valence-corrected chi connectivity index (χ1v) is 32.8. The van der Waals surface area contributed by atoms with Gasteiger partial charge >= 0.3 is 29.6 Å². The molecule has 8 aromatic rings. The van der Waals surface area contributed by atoms with Crippen LogP contribution in [0.3, 0.4) is 0 Å². The molecule has 1 aliphatic heterocycles. The fraction of sp³-hybridized carbons (Fsp3) is 0.429. The number of ether oxygens (including phenoxy) is 1. The Morgan fingerprint density at radius 1 is 0.522 bits per heavy atom. The van der Waals surface area contributed by atoms with Crippen LogP contribution in [0, 0.1) is 65.2 Å². The van der Waals surface area contributed by atoms with Crippen LogP contribution in [0.2, 0.25) is 36.3 Å². The number of aromatic nitrogens is 8. The smallest absolute Gasteiger partial charge is 0.796 e. The fourth-order valence-electron chi connectivity index (χ4n) is 8.43. The zero-order chi connectivity index (χ0) is 49.2. The van der Waals surface area contributed by atoms with Gasteiger partial charge in [-0.05, 0) is 81.7 Å². The van der Waals surface area contributed by atoms with Gasteiger partial charge in [-0.2, -0.15) is 41.2 Å². The Morgan fingerprint density at radius 2 is 0.855 bits per heavy atom. The summed E-state index contributed by atoms with van der Waals surface area (Å²) in [6.45, 7) is 20.8. The average Bonchev–Trinajstić information content (AvgIpc) is 4.24. The van der Waals surface area contributed by atoms with Gasteiger partial charge in [0.1, 0.15) is 60.3 Å². The molecule has 0 N–H and O–H groups in total. The van der Waals surface area contributed by atoms with Crippen molar-refractivity contribution in [3.05, 3.63) is 39.5 Å². The number of nitrogens with zero attached hydrogens (tertiary/aromatic N) is 8. The molecule has 9 nitrogen and oxygen atoms in total. The molecule has 69 heavy (non-hydrogen) atoms. The summed E-state index contributed by atoms with van der Waals surface area (Å²) in [5, 5.41) is 2.28. The van der Waals surface area contributed by atoms with E-state index in [1.54, 1.807) is 24.9 Å². The largest absolute Gasteiger partial charge is 1.00 e. The van der Waals surface area contributed by atoms with Crippen molar-refractivity contribution >= 4 is 153 Å². The molecule has 9 rings (SSSR count). The molecule has 1 fully saturated rings. The first-order valence-electron chi connectivity index (χ1n) is 22.6. The molecule has 0 unspecified atom stereocenters. The van der Waals surface area contributed by atoms with Gasteiger partial charge in [-0.3, -0.25) is 0 Å². The zero-order valence-electron chi connectivity index (χ0n) is 41.3. The molecule has 0 saturated carbocycles. The van der Waals surface area contributed by atoms with Gasteiger partial charge in [0.05, 0.1) is 79.9 Å². The number of hydrogen-bond acceptors (Lipinski definition) is 15. The summed E-state index contributed by atoms with van der Waals surface area (Å²) < 4.78 is 72.0. The molecular weight excluding hydrogens is 1030 g/mol. The Balaban J connectivity index is 0.000000223. The second-order valence-electron chi connectivity index (χ2n) is 15.9. The maximum absolute atomic E-state index is 15.9. The van der Waals surface area contributed by atoms with Crippen molar-refractivity contribution in [1.82, 2.24) is 35.0 Å². The van der Waals surface area contributed by atoms with E-state index in [0.29, 0.717) is 11.0 Å². The van der Waals surface area contributed by atoms with E-state index in [4.69, 9.17) is 17.9 Å². The molecule has 4 aromatic heterocycles. The van der Waals surface area contributed by atoms with Crippen LogP contribution < -0.4 is 29.6 Å². The minimum absolute atomic E-state index is 0. The van der Waals surface area contributed by atoms with E-state index in [9.17, 15) is 0 Å². The quantitative estimate of drug-likeness (QED) is 0.0658. The number of rotatable bonds is 7. The molecule has 354 valence electrons. The summed E-state index contributed by atoms with van der Waals surface area (Å²) in [6, 6.07) is 6.50. The second kappa shape index (κ2) is 26.0. The zero-order valence-corrected chi connectivity index (χ0v) is 50.2. The van der Waals surface area contributed by atoms with Gasteiger partial charge in [0.15, 0.2) is 11.6 Å². The van der Waals surface area contributed by atoms with E-state index < -0.39 is 27.8 Å². The molecular formula is C49H53F2N8NaOS6Si2. The van der Waals surface area contributed by atoms with E-state index in [0.717, 1.165) is 109 Å². The topological polar surface area (TPSA) is 112 Å². The SMILES string of the molecule is C1CCOC1.CC#Cc1c(C)c2c3nsnc3c(C#C[Si](CC)(CC)CC)c(SC)c2c2nsnc12.CC#Cc1c(F)c2c3nsnc3c(C#C[Si](CC)(CC)CC)c(F)c2c2nsnc12.C[S-].[Na+]. The van der Waals surface area contributed by atoms with Crippen LogP contribution in [0.1, 0.15) is 96.0 Å². The number of thioether (sulfide) groups is 1. The third-order valence-electron chi connectivity index (χ3n) is 12.9. The van der Waals surface area contributed by atoms with Crippen LogP contribution in [0.25, 0.3) is 65.7 Å². The van der Waals surface area contributed by atoms with E-state index in [2.05, 4.69) is 136 Å². The Kier molecular flexibility index (Phi) is 21.4. The summed E-state index contributed by atoms with van der Waals surface area (Å²) in [7, 11) is -3.42. The molecule has 0 bridgehead atoms. The second-order valence-corrected chi connectivity index (χ2v) is 28.7. The van der Waals surface area contributed by atoms with Gasteiger partial charge in [-0.15, -0.1) is 34.7 Å². The minimum atomic E-state index is -1.82. The number of benzene rings is 4. The predicted octanol–water partition coefficient (Wildman–Crippen LogP) is 10.5. The van der Waals surface area contributed by atoms with E-state index >= 15 is 8.78 Å². The molecule has 0 spiro atoms. The molecule has 0 atom stereocenters. The van der Waals surface area contributed by atoms with Crippen molar-refractivity contribution in [2.45, 2.75) is 116 Å². The Labute approximate surface area is 455 Å². The van der Waals surface area contributed by atoms with Crippen LogP contribution in [0.4, 0.5) is 8.78 Å². The van der Waals surface area contributed by atoms with Crippen molar-refractivity contribution < 1.29 is 43.1 Å². The molecule has 1 aliphatic rings. The maximum Gasteiger partial charge on any atom is 1.00 e. The molecule has 0 amide bonds. The standard InChI is InChI=1S/C23H24N4S3Si.C21H18F2N4S2Si.C4H8O.CH4S.Na/c1-7-11-15-14(5)17-18(22-19(15)24-29-27-22)23(28-6)16(20-21(17)26-30-25-20)12-13-31(8-2,9-3)10-4;1-5-9-12-16(22)14-15(20-18(12)24-28-26-20)17(23)13(19-21(14)27-29-25-19)10-11-30(6-2,7-3)8-4;1-2-4-5-3-1;1-2;/h8-10H2,1-6H3;6-8H2,1-4H3;1-4H2;2H,1H3;/q;;;;+1/p-1. The van der Waals surface area contributed by atoms with E-state index in [-0.39, 0.29) is 62.5 Å².